The van der Waals surface area contributed by atoms with Gasteiger partial charge in [0.2, 0.25) is 5.91 Å². The normalized spacial score (nSPS) is 19.4. The number of urea groups is 1. The second kappa shape index (κ2) is 7.72. The summed E-state index contributed by atoms with van der Waals surface area (Å²) in [5.74, 6) is -1.66. The third kappa shape index (κ3) is 3.43. The van der Waals surface area contributed by atoms with Crippen molar-refractivity contribution in [1.29, 1.82) is 5.26 Å². The predicted molar refractivity (Wildman–Crippen MR) is 103 cm³/mol. The molecule has 0 radical (unpaired) electrons. The summed E-state index contributed by atoms with van der Waals surface area (Å²) in [6, 6.07) is 11.9. The first-order chi connectivity index (χ1) is 13.8. The van der Waals surface area contributed by atoms with Crippen molar-refractivity contribution in [3.63, 3.8) is 0 Å². The number of para-hydroxylation sites is 1. The van der Waals surface area contributed by atoms with E-state index in [9.17, 15) is 18.8 Å². The van der Waals surface area contributed by atoms with Crippen molar-refractivity contribution in [3.05, 3.63) is 65.5 Å². The number of imide groups is 1. The molecule has 0 bridgehead atoms. The fourth-order valence-electron chi connectivity index (χ4n) is 3.36. The minimum atomic E-state index is -1.37. The molecule has 2 unspecified atom stereocenters. The molecule has 2 N–H and O–H groups in total. The summed E-state index contributed by atoms with van der Waals surface area (Å²) in [7, 11) is 0. The monoisotopic (exact) mass is 394 g/mol. The number of rotatable bonds is 5. The van der Waals surface area contributed by atoms with Crippen molar-refractivity contribution >= 4 is 23.5 Å². The summed E-state index contributed by atoms with van der Waals surface area (Å²) in [5.41, 5.74) is -0.382. The van der Waals surface area contributed by atoms with E-state index in [2.05, 4.69) is 10.6 Å². The van der Waals surface area contributed by atoms with Crippen LogP contribution >= 0.6 is 0 Å². The number of halogens is 1. The summed E-state index contributed by atoms with van der Waals surface area (Å²) < 4.78 is 13.3. The standard InChI is InChI=1S/C21H19FN4O3/c1-3-21(15-8-10-16(22)11-9-15)19(28)26(20(29)25-21)13(2)18(27)24-17-7-5-4-6-14(17)12-23/h4-11,13H,3H2,1-2H3,(H,24,27)(H,25,29). The number of amides is 4. The molecule has 0 aliphatic carbocycles. The minimum Gasteiger partial charge on any atom is -0.323 e. The van der Waals surface area contributed by atoms with Crippen LogP contribution in [-0.4, -0.2) is 28.8 Å². The van der Waals surface area contributed by atoms with Gasteiger partial charge in [-0.1, -0.05) is 31.2 Å². The van der Waals surface area contributed by atoms with Gasteiger partial charge in [-0.15, -0.1) is 0 Å². The van der Waals surface area contributed by atoms with Gasteiger partial charge in [-0.3, -0.25) is 9.59 Å². The van der Waals surface area contributed by atoms with Crippen molar-refractivity contribution in [2.24, 2.45) is 0 Å². The highest BCUT2D eigenvalue weighted by Gasteiger charge is 2.53. The van der Waals surface area contributed by atoms with Crippen LogP contribution in [0, 0.1) is 17.1 Å². The Kier molecular flexibility index (Phi) is 5.33. The zero-order valence-electron chi connectivity index (χ0n) is 15.9. The first-order valence-corrected chi connectivity index (χ1v) is 9.06. The van der Waals surface area contributed by atoms with Gasteiger partial charge in [0.05, 0.1) is 11.3 Å². The fourth-order valence-corrected chi connectivity index (χ4v) is 3.36. The summed E-state index contributed by atoms with van der Waals surface area (Å²) in [6.45, 7) is 3.15. The molecule has 0 spiro atoms. The summed E-state index contributed by atoms with van der Waals surface area (Å²) in [5, 5.41) is 14.4. The smallest absolute Gasteiger partial charge is 0.323 e. The Balaban J connectivity index is 1.87. The molecule has 1 heterocycles. The molecule has 1 aliphatic heterocycles. The van der Waals surface area contributed by atoms with E-state index < -0.39 is 35.2 Å². The van der Waals surface area contributed by atoms with Crippen LogP contribution < -0.4 is 10.6 Å². The molecule has 8 heteroatoms. The second-order valence-electron chi connectivity index (χ2n) is 6.69. The second-order valence-corrected chi connectivity index (χ2v) is 6.69. The molecule has 4 amide bonds. The first kappa shape index (κ1) is 20.0. The SMILES string of the molecule is CCC1(c2ccc(F)cc2)NC(=O)N(C(C)C(=O)Nc2ccccc2C#N)C1=O. The lowest BCUT2D eigenvalue weighted by Gasteiger charge is -2.27. The number of carbonyl (C=O) groups is 3. The molecule has 2 aromatic carbocycles. The summed E-state index contributed by atoms with van der Waals surface area (Å²) in [6.07, 6.45) is 0.227. The maximum Gasteiger partial charge on any atom is 0.326 e. The van der Waals surface area contributed by atoms with Gasteiger partial charge >= 0.3 is 6.03 Å². The average Bonchev–Trinajstić information content (AvgIpc) is 2.98. The molecule has 1 saturated heterocycles. The Morgan fingerprint density at radius 2 is 1.90 bits per heavy atom. The van der Waals surface area contributed by atoms with Gasteiger partial charge < -0.3 is 10.6 Å². The van der Waals surface area contributed by atoms with E-state index >= 15 is 0 Å². The summed E-state index contributed by atoms with van der Waals surface area (Å²) in [4.78, 5) is 39.4. The molecule has 0 saturated carbocycles. The number of nitriles is 1. The number of hydrogen-bond acceptors (Lipinski definition) is 4. The molecule has 148 valence electrons. The van der Waals surface area contributed by atoms with E-state index in [1.165, 1.54) is 31.2 Å². The Hall–Kier alpha value is -3.73. The Morgan fingerprint density at radius 1 is 1.24 bits per heavy atom. The largest absolute Gasteiger partial charge is 0.326 e. The van der Waals surface area contributed by atoms with Crippen LogP contribution in [0.5, 0.6) is 0 Å². The minimum absolute atomic E-state index is 0.227. The van der Waals surface area contributed by atoms with Gasteiger partial charge in [0.1, 0.15) is 23.5 Å². The topological polar surface area (TPSA) is 102 Å². The van der Waals surface area contributed by atoms with Crippen LogP contribution in [0.3, 0.4) is 0 Å². The van der Waals surface area contributed by atoms with Crippen molar-refractivity contribution in [1.82, 2.24) is 10.2 Å². The molecule has 29 heavy (non-hydrogen) atoms. The molecule has 3 rings (SSSR count). The lowest BCUT2D eigenvalue weighted by Crippen LogP contribution is -2.48. The van der Waals surface area contributed by atoms with E-state index in [0.717, 1.165) is 4.90 Å². The molecule has 2 atom stereocenters. The Bertz CT molecular complexity index is 1020. The van der Waals surface area contributed by atoms with Crippen molar-refractivity contribution in [2.75, 3.05) is 5.32 Å². The number of nitrogens with zero attached hydrogens (tertiary/aromatic N) is 2. The van der Waals surface area contributed by atoms with E-state index in [-0.39, 0.29) is 12.0 Å². The first-order valence-electron chi connectivity index (χ1n) is 9.06. The third-order valence-electron chi connectivity index (χ3n) is 5.06. The lowest BCUT2D eigenvalue weighted by molar-refractivity contribution is -0.136. The highest BCUT2D eigenvalue weighted by Crippen LogP contribution is 2.33. The van der Waals surface area contributed by atoms with Crippen molar-refractivity contribution < 1.29 is 18.8 Å². The molecule has 7 nitrogen and oxygen atoms in total. The van der Waals surface area contributed by atoms with Gasteiger partial charge in [0.15, 0.2) is 0 Å². The third-order valence-corrected chi connectivity index (χ3v) is 5.06. The Morgan fingerprint density at radius 3 is 2.52 bits per heavy atom. The Labute approximate surface area is 167 Å². The maximum atomic E-state index is 13.3. The fraction of sp³-hybridized carbons (Fsp3) is 0.238. The highest BCUT2D eigenvalue weighted by atomic mass is 19.1. The van der Waals surface area contributed by atoms with Crippen LogP contribution in [0.15, 0.2) is 48.5 Å². The highest BCUT2D eigenvalue weighted by molar-refractivity contribution is 6.11. The van der Waals surface area contributed by atoms with Crippen molar-refractivity contribution in [3.8, 4) is 6.07 Å². The number of hydrogen-bond donors (Lipinski definition) is 2. The van der Waals surface area contributed by atoms with Crippen LogP contribution in [0.2, 0.25) is 0 Å². The molecule has 2 aromatic rings. The average molecular weight is 394 g/mol. The van der Waals surface area contributed by atoms with Gasteiger partial charge in [-0.05, 0) is 43.2 Å². The van der Waals surface area contributed by atoms with Gasteiger partial charge in [0.25, 0.3) is 5.91 Å². The molecular weight excluding hydrogens is 375 g/mol. The van der Waals surface area contributed by atoms with Crippen LogP contribution in [-0.2, 0) is 15.1 Å². The number of nitrogens with one attached hydrogen (secondary N) is 2. The number of benzene rings is 2. The molecule has 1 aliphatic rings. The van der Waals surface area contributed by atoms with Crippen LogP contribution in [0.4, 0.5) is 14.9 Å². The molecule has 1 fully saturated rings. The van der Waals surface area contributed by atoms with Crippen LogP contribution in [0.1, 0.15) is 31.4 Å². The van der Waals surface area contributed by atoms with E-state index in [1.54, 1.807) is 31.2 Å². The predicted octanol–water partition coefficient (Wildman–Crippen LogP) is 2.88. The van der Waals surface area contributed by atoms with E-state index in [1.807, 2.05) is 6.07 Å². The van der Waals surface area contributed by atoms with E-state index in [4.69, 9.17) is 5.26 Å². The maximum absolute atomic E-state index is 13.3. The number of carbonyl (C=O) groups excluding carboxylic acids is 3. The van der Waals surface area contributed by atoms with Gasteiger partial charge in [0, 0.05) is 0 Å². The van der Waals surface area contributed by atoms with Gasteiger partial charge in [-0.2, -0.15) is 5.26 Å². The zero-order valence-corrected chi connectivity index (χ0v) is 15.9. The van der Waals surface area contributed by atoms with Crippen molar-refractivity contribution in [2.45, 2.75) is 31.8 Å². The van der Waals surface area contributed by atoms with Crippen LogP contribution in [0.25, 0.3) is 0 Å². The molecule has 0 aromatic heterocycles. The lowest BCUT2D eigenvalue weighted by atomic mass is 9.87. The van der Waals surface area contributed by atoms with E-state index in [0.29, 0.717) is 11.3 Å². The number of anilines is 1. The summed E-state index contributed by atoms with van der Waals surface area (Å²) >= 11 is 0. The quantitative estimate of drug-likeness (QED) is 0.761. The molecular formula is C21H19FN4O3. The van der Waals surface area contributed by atoms with Gasteiger partial charge in [-0.25, -0.2) is 14.1 Å². The zero-order chi connectivity index (χ0) is 21.2.